The highest BCUT2D eigenvalue weighted by Gasteiger charge is 2.23. The molecule has 1 aliphatic carbocycles. The van der Waals surface area contributed by atoms with Crippen LogP contribution in [-0.4, -0.2) is 9.97 Å². The lowest BCUT2D eigenvalue weighted by Crippen LogP contribution is -2.20. The maximum Gasteiger partial charge on any atom is 0.264 e. The SMILES string of the molecule is CCC1CCCC(c2ncc(I)c(=O)[nH]2)C1. The molecule has 1 aromatic rings. The van der Waals surface area contributed by atoms with Crippen LogP contribution >= 0.6 is 22.6 Å². The van der Waals surface area contributed by atoms with Crippen molar-refractivity contribution in [2.45, 2.75) is 44.9 Å². The van der Waals surface area contributed by atoms with Gasteiger partial charge in [-0.05, 0) is 41.4 Å². The van der Waals surface area contributed by atoms with Gasteiger partial charge in [-0.25, -0.2) is 4.98 Å². The minimum atomic E-state index is 0.00391. The first-order chi connectivity index (χ1) is 7.70. The van der Waals surface area contributed by atoms with Gasteiger partial charge in [0.1, 0.15) is 5.82 Å². The molecule has 1 fully saturated rings. The van der Waals surface area contributed by atoms with Crippen LogP contribution in [0.15, 0.2) is 11.0 Å². The zero-order chi connectivity index (χ0) is 11.5. The molecular weight excluding hydrogens is 315 g/mol. The van der Waals surface area contributed by atoms with Crippen molar-refractivity contribution >= 4 is 22.6 Å². The molecular formula is C12H17IN2O. The molecule has 0 amide bonds. The van der Waals surface area contributed by atoms with E-state index in [0.29, 0.717) is 9.49 Å². The van der Waals surface area contributed by atoms with E-state index in [1.54, 1.807) is 6.20 Å². The van der Waals surface area contributed by atoms with Gasteiger partial charge in [0.05, 0.1) is 3.57 Å². The summed E-state index contributed by atoms with van der Waals surface area (Å²) in [6.07, 6.45) is 7.87. The number of aromatic amines is 1. The number of nitrogens with zero attached hydrogens (tertiary/aromatic N) is 1. The van der Waals surface area contributed by atoms with Gasteiger partial charge < -0.3 is 4.98 Å². The minimum Gasteiger partial charge on any atom is -0.309 e. The zero-order valence-corrected chi connectivity index (χ0v) is 11.7. The summed E-state index contributed by atoms with van der Waals surface area (Å²) in [5.41, 5.74) is 0.00391. The maximum atomic E-state index is 11.5. The van der Waals surface area contributed by atoms with Gasteiger partial charge in [0.15, 0.2) is 0 Å². The number of hydrogen-bond acceptors (Lipinski definition) is 2. The summed E-state index contributed by atoms with van der Waals surface area (Å²) in [4.78, 5) is 18.8. The first kappa shape index (κ1) is 12.1. The normalized spacial score (nSPS) is 25.6. The number of aromatic nitrogens is 2. The lowest BCUT2D eigenvalue weighted by Gasteiger charge is -2.27. The predicted octanol–water partition coefficient (Wildman–Crippen LogP) is 3.06. The smallest absolute Gasteiger partial charge is 0.264 e. The topological polar surface area (TPSA) is 45.8 Å². The summed E-state index contributed by atoms with van der Waals surface area (Å²) in [6.45, 7) is 2.25. The molecule has 0 saturated heterocycles. The van der Waals surface area contributed by atoms with Crippen molar-refractivity contribution < 1.29 is 0 Å². The molecule has 3 nitrogen and oxygen atoms in total. The Morgan fingerprint density at radius 1 is 1.56 bits per heavy atom. The Bertz CT molecular complexity index is 416. The quantitative estimate of drug-likeness (QED) is 0.846. The Morgan fingerprint density at radius 3 is 3.06 bits per heavy atom. The summed E-state index contributed by atoms with van der Waals surface area (Å²) in [5, 5.41) is 0. The molecule has 1 aliphatic rings. The standard InChI is InChI=1S/C12H17IN2O/c1-2-8-4-3-5-9(6-8)11-14-7-10(13)12(16)15-11/h7-9H,2-6H2,1H3,(H,14,15,16). The highest BCUT2D eigenvalue weighted by atomic mass is 127. The largest absolute Gasteiger partial charge is 0.309 e. The number of H-pyrrole nitrogens is 1. The second-order valence-corrected chi connectivity index (χ2v) is 5.75. The third-order valence-electron chi connectivity index (χ3n) is 3.52. The lowest BCUT2D eigenvalue weighted by atomic mass is 9.80. The van der Waals surface area contributed by atoms with E-state index in [2.05, 4.69) is 16.9 Å². The maximum absolute atomic E-state index is 11.5. The fourth-order valence-electron chi connectivity index (χ4n) is 2.51. The van der Waals surface area contributed by atoms with E-state index in [1.807, 2.05) is 22.6 Å². The molecule has 2 rings (SSSR count). The summed E-state index contributed by atoms with van der Waals surface area (Å²) in [5.74, 6) is 2.16. The number of hydrogen-bond donors (Lipinski definition) is 1. The van der Waals surface area contributed by atoms with Crippen molar-refractivity contribution in [3.8, 4) is 0 Å². The van der Waals surface area contributed by atoms with Gasteiger partial charge in [0.2, 0.25) is 0 Å². The molecule has 0 aromatic carbocycles. The number of nitrogens with one attached hydrogen (secondary N) is 1. The van der Waals surface area contributed by atoms with Crippen LogP contribution in [0.3, 0.4) is 0 Å². The van der Waals surface area contributed by atoms with Crippen molar-refractivity contribution in [1.29, 1.82) is 0 Å². The van der Waals surface area contributed by atoms with Gasteiger partial charge >= 0.3 is 0 Å². The molecule has 2 unspecified atom stereocenters. The highest BCUT2D eigenvalue weighted by Crippen LogP contribution is 2.35. The Balaban J connectivity index is 2.17. The Morgan fingerprint density at radius 2 is 2.38 bits per heavy atom. The van der Waals surface area contributed by atoms with Crippen LogP contribution in [0.25, 0.3) is 0 Å². The highest BCUT2D eigenvalue weighted by molar-refractivity contribution is 14.1. The first-order valence-corrected chi connectivity index (χ1v) is 7.03. The molecule has 1 N–H and O–H groups in total. The molecule has 0 aliphatic heterocycles. The Labute approximate surface area is 109 Å². The monoisotopic (exact) mass is 332 g/mol. The minimum absolute atomic E-state index is 0.00391. The van der Waals surface area contributed by atoms with Crippen molar-refractivity contribution in [2.24, 2.45) is 5.92 Å². The molecule has 88 valence electrons. The summed E-state index contributed by atoms with van der Waals surface area (Å²) in [6, 6.07) is 0. The molecule has 1 heterocycles. The van der Waals surface area contributed by atoms with Crippen LogP contribution in [0.2, 0.25) is 0 Å². The van der Waals surface area contributed by atoms with Crippen molar-refractivity contribution in [2.75, 3.05) is 0 Å². The van der Waals surface area contributed by atoms with Crippen molar-refractivity contribution in [3.63, 3.8) is 0 Å². The van der Waals surface area contributed by atoms with E-state index < -0.39 is 0 Å². The Kier molecular flexibility index (Phi) is 4.00. The molecule has 0 bridgehead atoms. The summed E-state index contributed by atoms with van der Waals surface area (Å²) in [7, 11) is 0. The molecule has 1 aromatic heterocycles. The van der Waals surface area contributed by atoms with Gasteiger partial charge in [-0.2, -0.15) is 0 Å². The van der Waals surface area contributed by atoms with Gasteiger partial charge in [-0.3, -0.25) is 4.79 Å². The van der Waals surface area contributed by atoms with Crippen LogP contribution in [0.1, 0.15) is 50.8 Å². The van der Waals surface area contributed by atoms with E-state index >= 15 is 0 Å². The van der Waals surface area contributed by atoms with E-state index in [4.69, 9.17) is 0 Å². The molecule has 1 saturated carbocycles. The van der Waals surface area contributed by atoms with Gasteiger partial charge in [0.25, 0.3) is 5.56 Å². The van der Waals surface area contributed by atoms with Crippen LogP contribution < -0.4 is 5.56 Å². The second-order valence-electron chi connectivity index (χ2n) is 4.58. The van der Waals surface area contributed by atoms with E-state index in [0.717, 1.165) is 11.7 Å². The third kappa shape index (κ3) is 2.64. The van der Waals surface area contributed by atoms with Crippen LogP contribution in [0.4, 0.5) is 0 Å². The van der Waals surface area contributed by atoms with Crippen LogP contribution in [0, 0.1) is 9.49 Å². The summed E-state index contributed by atoms with van der Waals surface area (Å²) >= 11 is 2.02. The zero-order valence-electron chi connectivity index (χ0n) is 9.50. The first-order valence-electron chi connectivity index (χ1n) is 5.95. The van der Waals surface area contributed by atoms with Crippen molar-refractivity contribution in [3.05, 3.63) is 25.9 Å². The third-order valence-corrected chi connectivity index (χ3v) is 4.29. The van der Waals surface area contributed by atoms with Crippen LogP contribution in [0.5, 0.6) is 0 Å². The molecule has 2 atom stereocenters. The Hall–Kier alpha value is -0.390. The fourth-order valence-corrected chi connectivity index (χ4v) is 2.78. The fraction of sp³-hybridized carbons (Fsp3) is 0.667. The van der Waals surface area contributed by atoms with Gasteiger partial charge in [-0.15, -0.1) is 0 Å². The average Bonchev–Trinajstić information content (AvgIpc) is 2.33. The van der Waals surface area contributed by atoms with Gasteiger partial charge in [-0.1, -0.05) is 26.2 Å². The van der Waals surface area contributed by atoms with Gasteiger partial charge in [0, 0.05) is 12.1 Å². The second kappa shape index (κ2) is 5.29. The number of halogens is 1. The van der Waals surface area contributed by atoms with Crippen molar-refractivity contribution in [1.82, 2.24) is 9.97 Å². The predicted molar refractivity (Wildman–Crippen MR) is 72.6 cm³/mol. The molecule has 4 heteroatoms. The van der Waals surface area contributed by atoms with E-state index in [1.165, 1.54) is 32.1 Å². The van der Waals surface area contributed by atoms with Crippen LogP contribution in [-0.2, 0) is 0 Å². The lowest BCUT2D eigenvalue weighted by molar-refractivity contribution is 0.307. The average molecular weight is 332 g/mol. The molecule has 0 spiro atoms. The summed E-state index contributed by atoms with van der Waals surface area (Å²) < 4.78 is 0.671. The van der Waals surface area contributed by atoms with E-state index in [9.17, 15) is 4.79 Å². The molecule has 0 radical (unpaired) electrons. The number of rotatable bonds is 2. The van der Waals surface area contributed by atoms with E-state index in [-0.39, 0.29) is 5.56 Å². The molecule has 16 heavy (non-hydrogen) atoms.